The Morgan fingerprint density at radius 2 is 1.67 bits per heavy atom. The molecule has 0 aromatic rings. The van der Waals surface area contributed by atoms with Crippen LogP contribution >= 0.6 is 0 Å². The maximum absolute atomic E-state index is 10.3. The predicted octanol–water partition coefficient (Wildman–Crippen LogP) is 1.03. The largest absolute Gasteiger partial charge is 0.232 e. The lowest BCUT2D eigenvalue weighted by Gasteiger charge is -2.05. The molecule has 56 valence electrons. The Kier molecular flexibility index (Phi) is 3.86. The van der Waals surface area contributed by atoms with Gasteiger partial charge in [-0.3, -0.25) is 0 Å². The first-order chi connectivity index (χ1) is 4.04. The number of hydrogen-bond donors (Lipinski definition) is 1. The highest BCUT2D eigenvalue weighted by atomic mass is 32.2. The summed E-state index contributed by atoms with van der Waals surface area (Å²) in [5, 5.41) is -0.153. The molecule has 0 bridgehead atoms. The molecule has 0 aliphatic rings. The minimum atomic E-state index is -2.19. The van der Waals surface area contributed by atoms with Gasteiger partial charge in [-0.15, -0.1) is 0 Å². The van der Waals surface area contributed by atoms with E-state index in [0.29, 0.717) is 5.92 Å². The van der Waals surface area contributed by atoms with E-state index >= 15 is 0 Å². The van der Waals surface area contributed by atoms with E-state index < -0.39 is 10.7 Å². The van der Waals surface area contributed by atoms with Crippen LogP contribution < -0.4 is 0 Å². The van der Waals surface area contributed by atoms with Gasteiger partial charge in [-0.2, -0.15) is 0 Å². The van der Waals surface area contributed by atoms with Gasteiger partial charge in [-0.25, -0.2) is 8.42 Å². The average molecular weight is 150 g/mol. The van der Waals surface area contributed by atoms with Crippen LogP contribution in [0.1, 0.15) is 27.2 Å². The van der Waals surface area contributed by atoms with Gasteiger partial charge < -0.3 is 0 Å². The molecule has 0 rings (SSSR count). The Balaban J connectivity index is 3.64. The second-order valence-corrected chi connectivity index (χ2v) is 4.22. The van der Waals surface area contributed by atoms with Gasteiger partial charge in [0.25, 0.3) is 0 Å². The highest BCUT2D eigenvalue weighted by Crippen LogP contribution is 2.05. The molecule has 0 aliphatic heterocycles. The molecule has 0 heterocycles. The van der Waals surface area contributed by atoms with Gasteiger partial charge >= 0.3 is 0 Å². The van der Waals surface area contributed by atoms with Gasteiger partial charge in [0.15, 0.2) is 0 Å². The average Bonchev–Trinajstić information content (AvgIpc) is 1.63. The molecule has 9 heavy (non-hydrogen) atoms. The molecule has 0 radical (unpaired) electrons. The summed E-state index contributed by atoms with van der Waals surface area (Å²) < 4.78 is 20.5. The van der Waals surface area contributed by atoms with E-state index in [4.69, 9.17) is 0 Å². The summed E-state index contributed by atoms with van der Waals surface area (Å²) >= 11 is 0. The Labute approximate surface area is 58.2 Å². The molecule has 0 spiro atoms. The van der Waals surface area contributed by atoms with Gasteiger partial charge in [0.1, 0.15) is 10.7 Å². The van der Waals surface area contributed by atoms with Crippen LogP contribution in [0.3, 0.4) is 0 Å². The lowest BCUT2D eigenvalue weighted by atomic mass is 10.1. The third-order valence-corrected chi connectivity index (χ3v) is 2.10. The first-order valence-electron chi connectivity index (χ1n) is 3.17. The molecule has 1 unspecified atom stereocenters. The number of hydrogen-bond acceptors (Lipinski definition) is 2. The van der Waals surface area contributed by atoms with Crippen LogP contribution in [0.2, 0.25) is 0 Å². The standard InChI is InChI=1S/C6H14O2S/c1-5(2)4-6(3)9(7)8/h5-6,9H,4H2,1-3H3. The molecule has 3 heteroatoms. The SMILES string of the molecule is CC(C)CC(C)[SH](=O)=O. The van der Waals surface area contributed by atoms with Crippen LogP contribution in [0.15, 0.2) is 0 Å². The molecule has 0 amide bonds. The van der Waals surface area contributed by atoms with E-state index in [-0.39, 0.29) is 5.25 Å². The van der Waals surface area contributed by atoms with Crippen LogP contribution in [-0.2, 0) is 10.7 Å². The van der Waals surface area contributed by atoms with Crippen molar-refractivity contribution in [2.45, 2.75) is 32.4 Å². The van der Waals surface area contributed by atoms with E-state index in [1.54, 1.807) is 6.92 Å². The molecular formula is C6H14O2S. The third kappa shape index (κ3) is 4.45. The fraction of sp³-hybridized carbons (Fsp3) is 1.00. The van der Waals surface area contributed by atoms with Gasteiger partial charge in [-0.1, -0.05) is 13.8 Å². The number of rotatable bonds is 3. The van der Waals surface area contributed by atoms with Crippen molar-refractivity contribution < 1.29 is 8.42 Å². The Morgan fingerprint density at radius 3 is 1.78 bits per heavy atom. The minimum Gasteiger partial charge on any atom is -0.232 e. The van der Waals surface area contributed by atoms with Crippen molar-refractivity contribution in [2.24, 2.45) is 5.92 Å². The Morgan fingerprint density at radius 1 is 1.22 bits per heavy atom. The molecule has 0 aliphatic carbocycles. The predicted molar refractivity (Wildman–Crippen MR) is 39.2 cm³/mol. The summed E-state index contributed by atoms with van der Waals surface area (Å²) in [7, 11) is -2.19. The molecule has 0 fully saturated rings. The van der Waals surface area contributed by atoms with Crippen molar-refractivity contribution >= 4 is 10.7 Å². The van der Waals surface area contributed by atoms with E-state index in [2.05, 4.69) is 0 Å². The molecule has 0 saturated heterocycles. The molecule has 0 aromatic carbocycles. The highest BCUT2D eigenvalue weighted by molar-refractivity contribution is 7.73. The quantitative estimate of drug-likeness (QED) is 0.610. The lowest BCUT2D eigenvalue weighted by Crippen LogP contribution is -2.07. The summed E-state index contributed by atoms with van der Waals surface area (Å²) in [6, 6.07) is 0. The summed E-state index contributed by atoms with van der Waals surface area (Å²) in [5.74, 6) is 0.480. The van der Waals surface area contributed by atoms with Crippen molar-refractivity contribution in [1.82, 2.24) is 0 Å². The fourth-order valence-electron chi connectivity index (χ4n) is 0.768. The van der Waals surface area contributed by atoms with Crippen molar-refractivity contribution in [2.75, 3.05) is 0 Å². The molecule has 1 atom stereocenters. The molecule has 0 saturated carbocycles. The van der Waals surface area contributed by atoms with Gasteiger partial charge in [0.2, 0.25) is 0 Å². The van der Waals surface area contributed by atoms with Crippen LogP contribution in [0, 0.1) is 5.92 Å². The van der Waals surface area contributed by atoms with Gasteiger partial charge in [-0.05, 0) is 19.3 Å². The van der Waals surface area contributed by atoms with Crippen molar-refractivity contribution in [3.63, 3.8) is 0 Å². The minimum absolute atomic E-state index is 0.153. The van der Waals surface area contributed by atoms with Crippen molar-refractivity contribution in [3.8, 4) is 0 Å². The van der Waals surface area contributed by atoms with Crippen molar-refractivity contribution in [1.29, 1.82) is 0 Å². The summed E-state index contributed by atoms with van der Waals surface area (Å²) in [4.78, 5) is 0. The van der Waals surface area contributed by atoms with E-state index in [1.165, 1.54) is 0 Å². The third-order valence-electron chi connectivity index (χ3n) is 1.17. The first kappa shape index (κ1) is 8.95. The Bertz CT molecular complexity index is 130. The molecule has 0 N–H and O–H groups in total. The molecular weight excluding hydrogens is 136 g/mol. The zero-order chi connectivity index (χ0) is 7.44. The maximum Gasteiger partial charge on any atom is 0.142 e. The topological polar surface area (TPSA) is 34.1 Å². The number of thiol groups is 1. The zero-order valence-electron chi connectivity index (χ0n) is 6.13. The maximum atomic E-state index is 10.3. The molecule has 2 nitrogen and oxygen atoms in total. The van der Waals surface area contributed by atoms with Gasteiger partial charge in [0.05, 0.1) is 5.25 Å². The summed E-state index contributed by atoms with van der Waals surface area (Å²) in [6.07, 6.45) is 0.776. The normalized spacial score (nSPS) is 14.8. The second-order valence-electron chi connectivity index (χ2n) is 2.76. The smallest absolute Gasteiger partial charge is 0.142 e. The summed E-state index contributed by atoms with van der Waals surface area (Å²) in [6.45, 7) is 5.79. The second kappa shape index (κ2) is 3.88. The lowest BCUT2D eigenvalue weighted by molar-refractivity contribution is 0.549. The van der Waals surface area contributed by atoms with Gasteiger partial charge in [0, 0.05) is 0 Å². The van der Waals surface area contributed by atoms with Crippen LogP contribution in [-0.4, -0.2) is 13.7 Å². The van der Waals surface area contributed by atoms with E-state index in [0.717, 1.165) is 6.42 Å². The van der Waals surface area contributed by atoms with Crippen LogP contribution in [0.5, 0.6) is 0 Å². The van der Waals surface area contributed by atoms with Crippen LogP contribution in [0.4, 0.5) is 0 Å². The van der Waals surface area contributed by atoms with E-state index in [1.807, 2.05) is 13.8 Å². The van der Waals surface area contributed by atoms with Crippen molar-refractivity contribution in [3.05, 3.63) is 0 Å². The Hall–Kier alpha value is -0.0500. The van der Waals surface area contributed by atoms with Crippen LogP contribution in [0.25, 0.3) is 0 Å². The zero-order valence-corrected chi connectivity index (χ0v) is 7.02. The highest BCUT2D eigenvalue weighted by Gasteiger charge is 2.05. The monoisotopic (exact) mass is 150 g/mol. The fourth-order valence-corrected chi connectivity index (χ4v) is 1.36. The molecule has 0 aromatic heterocycles. The first-order valence-corrected chi connectivity index (χ1v) is 4.42. The summed E-state index contributed by atoms with van der Waals surface area (Å²) in [5.41, 5.74) is 0. The van der Waals surface area contributed by atoms with E-state index in [9.17, 15) is 8.42 Å².